The Morgan fingerprint density at radius 2 is 2.09 bits per heavy atom. The number of carbonyl (C=O) groups excluding carboxylic acids is 1. The second-order valence-electron chi connectivity index (χ2n) is 5.27. The van der Waals surface area contributed by atoms with Gasteiger partial charge in [-0.3, -0.25) is 4.79 Å². The normalized spacial score (nSPS) is 11.8. The number of aromatic nitrogens is 2. The number of nitrogens with one attached hydrogen (secondary N) is 1. The molecule has 0 aromatic carbocycles. The lowest BCUT2D eigenvalue weighted by molar-refractivity contribution is -0.137. The quantitative estimate of drug-likeness (QED) is 0.900. The van der Waals surface area contributed by atoms with Gasteiger partial charge in [-0.2, -0.15) is 13.2 Å². The number of halogens is 4. The first-order chi connectivity index (χ1) is 10.7. The zero-order valence-corrected chi connectivity index (χ0v) is 13.0. The van der Waals surface area contributed by atoms with Crippen LogP contribution >= 0.6 is 11.6 Å². The minimum absolute atomic E-state index is 0.270. The molecule has 0 aliphatic heterocycles. The van der Waals surface area contributed by atoms with Crippen molar-refractivity contribution in [1.29, 1.82) is 0 Å². The van der Waals surface area contributed by atoms with E-state index >= 15 is 0 Å². The molecule has 0 atom stereocenters. The van der Waals surface area contributed by atoms with Crippen LogP contribution in [-0.4, -0.2) is 16.0 Å². The fourth-order valence-electron chi connectivity index (χ4n) is 1.83. The van der Waals surface area contributed by atoms with Crippen LogP contribution in [0.5, 0.6) is 0 Å². The molecule has 2 rings (SSSR count). The third-order valence-electron chi connectivity index (χ3n) is 2.87. The molecule has 0 saturated heterocycles. The highest BCUT2D eigenvalue weighted by molar-refractivity contribution is 6.34. The van der Waals surface area contributed by atoms with Gasteiger partial charge in [0.15, 0.2) is 5.76 Å². The van der Waals surface area contributed by atoms with Crippen LogP contribution in [0.25, 0.3) is 0 Å². The second kappa shape index (κ2) is 6.57. The standard InChI is InChI=1S/C14H13ClF3N3O2/c1-7(2)3-11-10(6-20-23-11)21-13(22)12-9(15)4-8(5-19-12)14(16,17)18/h4-7H,3H2,1-2H3,(H,21,22). The van der Waals surface area contributed by atoms with Gasteiger partial charge in [-0.05, 0) is 12.0 Å². The maximum atomic E-state index is 12.6. The van der Waals surface area contributed by atoms with E-state index in [1.54, 1.807) is 0 Å². The summed E-state index contributed by atoms with van der Waals surface area (Å²) in [4.78, 5) is 15.6. The average Bonchev–Trinajstić information content (AvgIpc) is 2.83. The molecule has 0 radical (unpaired) electrons. The topological polar surface area (TPSA) is 68.0 Å². The van der Waals surface area contributed by atoms with Gasteiger partial charge >= 0.3 is 6.18 Å². The Hall–Kier alpha value is -2.09. The second-order valence-corrected chi connectivity index (χ2v) is 5.67. The van der Waals surface area contributed by atoms with Gasteiger partial charge in [0, 0.05) is 12.6 Å². The first kappa shape index (κ1) is 17.3. The molecule has 0 aliphatic rings. The molecule has 2 aromatic heterocycles. The largest absolute Gasteiger partial charge is 0.417 e. The summed E-state index contributed by atoms with van der Waals surface area (Å²) in [6, 6.07) is 0.659. The van der Waals surface area contributed by atoms with Crippen LogP contribution in [0.1, 0.15) is 35.7 Å². The number of hydrogen-bond acceptors (Lipinski definition) is 4. The van der Waals surface area contributed by atoms with E-state index in [0.717, 1.165) is 0 Å². The van der Waals surface area contributed by atoms with Crippen molar-refractivity contribution < 1.29 is 22.5 Å². The summed E-state index contributed by atoms with van der Waals surface area (Å²) < 4.78 is 42.7. The number of hydrogen-bond donors (Lipinski definition) is 1. The van der Waals surface area contributed by atoms with E-state index in [-0.39, 0.29) is 16.6 Å². The van der Waals surface area contributed by atoms with Crippen LogP contribution < -0.4 is 5.32 Å². The molecule has 0 saturated carbocycles. The van der Waals surface area contributed by atoms with Gasteiger partial charge in [-0.25, -0.2) is 4.98 Å². The molecule has 124 valence electrons. The molecule has 2 aromatic rings. The van der Waals surface area contributed by atoms with Crippen LogP contribution in [-0.2, 0) is 12.6 Å². The first-order valence-electron chi connectivity index (χ1n) is 6.66. The molecule has 0 fully saturated rings. The number of carbonyl (C=O) groups is 1. The van der Waals surface area contributed by atoms with Gasteiger partial charge in [0.25, 0.3) is 5.91 Å². The summed E-state index contributed by atoms with van der Waals surface area (Å²) in [6.45, 7) is 3.92. The smallest absolute Gasteiger partial charge is 0.359 e. The lowest BCUT2D eigenvalue weighted by atomic mass is 10.1. The molecule has 9 heteroatoms. The van der Waals surface area contributed by atoms with Crippen molar-refractivity contribution in [1.82, 2.24) is 10.1 Å². The van der Waals surface area contributed by atoms with Gasteiger partial charge in [-0.15, -0.1) is 0 Å². The maximum absolute atomic E-state index is 12.6. The number of nitrogens with zero attached hydrogens (tertiary/aromatic N) is 2. The number of amides is 1. The Kier molecular flexibility index (Phi) is 4.93. The fraction of sp³-hybridized carbons (Fsp3) is 0.357. The molecule has 1 amide bonds. The molecule has 1 N–H and O–H groups in total. The first-order valence-corrected chi connectivity index (χ1v) is 7.04. The van der Waals surface area contributed by atoms with Crippen LogP contribution in [0, 0.1) is 5.92 Å². The lowest BCUT2D eigenvalue weighted by Gasteiger charge is -2.09. The van der Waals surface area contributed by atoms with E-state index in [0.29, 0.717) is 30.1 Å². The van der Waals surface area contributed by atoms with Crippen molar-refractivity contribution in [3.63, 3.8) is 0 Å². The highest BCUT2D eigenvalue weighted by Crippen LogP contribution is 2.31. The van der Waals surface area contributed by atoms with E-state index in [4.69, 9.17) is 16.1 Å². The molecule has 2 heterocycles. The van der Waals surface area contributed by atoms with Crippen molar-refractivity contribution in [3.8, 4) is 0 Å². The van der Waals surface area contributed by atoms with Gasteiger partial charge in [-0.1, -0.05) is 30.6 Å². The van der Waals surface area contributed by atoms with Crippen LogP contribution in [0.3, 0.4) is 0 Å². The van der Waals surface area contributed by atoms with E-state index in [1.807, 2.05) is 13.8 Å². The van der Waals surface area contributed by atoms with Crippen molar-refractivity contribution in [2.75, 3.05) is 5.32 Å². The van der Waals surface area contributed by atoms with Crippen LogP contribution in [0.2, 0.25) is 5.02 Å². The minimum Gasteiger partial charge on any atom is -0.359 e. The van der Waals surface area contributed by atoms with Gasteiger partial charge in [0.2, 0.25) is 0 Å². The summed E-state index contributed by atoms with van der Waals surface area (Å²) in [5.74, 6) is -0.000279. The molecular weight excluding hydrogens is 335 g/mol. The van der Waals surface area contributed by atoms with Gasteiger partial charge < -0.3 is 9.84 Å². The summed E-state index contributed by atoms with van der Waals surface area (Å²) in [6.07, 6.45) is -2.16. The molecule has 0 bridgehead atoms. The number of rotatable bonds is 4. The van der Waals surface area contributed by atoms with Crippen molar-refractivity contribution in [2.45, 2.75) is 26.4 Å². The zero-order chi connectivity index (χ0) is 17.2. The number of pyridine rings is 1. The summed E-state index contributed by atoms with van der Waals surface area (Å²) >= 11 is 5.73. The molecule has 0 spiro atoms. The highest BCUT2D eigenvalue weighted by atomic mass is 35.5. The highest BCUT2D eigenvalue weighted by Gasteiger charge is 2.32. The molecule has 0 aliphatic carbocycles. The summed E-state index contributed by atoms with van der Waals surface area (Å²) in [5, 5.41) is 5.70. The Bertz CT molecular complexity index is 714. The third-order valence-corrected chi connectivity index (χ3v) is 3.16. The van der Waals surface area contributed by atoms with Crippen molar-refractivity contribution in [3.05, 3.63) is 40.5 Å². The van der Waals surface area contributed by atoms with E-state index < -0.39 is 17.6 Å². The molecule has 0 unspecified atom stereocenters. The minimum atomic E-state index is -4.58. The van der Waals surface area contributed by atoms with Gasteiger partial charge in [0.05, 0.1) is 16.8 Å². The maximum Gasteiger partial charge on any atom is 0.417 e. The SMILES string of the molecule is CC(C)Cc1oncc1NC(=O)c1ncc(C(F)(F)F)cc1Cl. The predicted molar refractivity (Wildman–Crippen MR) is 77.2 cm³/mol. The average molecular weight is 348 g/mol. The van der Waals surface area contributed by atoms with E-state index in [2.05, 4.69) is 15.5 Å². The Balaban J connectivity index is 2.20. The lowest BCUT2D eigenvalue weighted by Crippen LogP contribution is -2.16. The number of alkyl halides is 3. The summed E-state index contributed by atoms with van der Waals surface area (Å²) in [5.41, 5.74) is -0.998. The van der Waals surface area contributed by atoms with Crippen molar-refractivity contribution in [2.24, 2.45) is 5.92 Å². The molecule has 23 heavy (non-hydrogen) atoms. The fourth-order valence-corrected chi connectivity index (χ4v) is 2.08. The van der Waals surface area contributed by atoms with E-state index in [1.165, 1.54) is 6.20 Å². The van der Waals surface area contributed by atoms with E-state index in [9.17, 15) is 18.0 Å². The predicted octanol–water partition coefficient (Wildman–Crippen LogP) is 4.19. The van der Waals surface area contributed by atoms with Crippen molar-refractivity contribution >= 4 is 23.2 Å². The molecule has 5 nitrogen and oxygen atoms in total. The zero-order valence-electron chi connectivity index (χ0n) is 12.2. The van der Waals surface area contributed by atoms with Crippen LogP contribution in [0.4, 0.5) is 18.9 Å². The molecular formula is C14H13ClF3N3O2. The van der Waals surface area contributed by atoms with Crippen LogP contribution in [0.15, 0.2) is 23.0 Å². The van der Waals surface area contributed by atoms with Gasteiger partial charge in [0.1, 0.15) is 11.4 Å². The Morgan fingerprint density at radius 1 is 1.39 bits per heavy atom. The summed E-state index contributed by atoms with van der Waals surface area (Å²) in [7, 11) is 0. The third kappa shape index (κ3) is 4.22. The Morgan fingerprint density at radius 3 is 2.65 bits per heavy atom. The Labute approximate surface area is 134 Å². The monoisotopic (exact) mass is 347 g/mol. The number of anilines is 1.